The number of imidazole rings is 1. The first kappa shape index (κ1) is 23.9. The highest BCUT2D eigenvalue weighted by Gasteiger charge is 2.20. The molecular formula is C34H30N2O2. The summed E-state index contributed by atoms with van der Waals surface area (Å²) < 4.78 is 2.00. The third kappa shape index (κ3) is 4.54. The van der Waals surface area contributed by atoms with Gasteiger partial charge in [-0.05, 0) is 94.1 Å². The number of carbonyl (C=O) groups is 1. The number of hydrogen-bond donors (Lipinski definition) is 1. The highest BCUT2D eigenvalue weighted by atomic mass is 16.4. The number of aryl methyl sites for hydroxylation is 2. The highest BCUT2D eigenvalue weighted by molar-refractivity contribution is 5.96. The van der Waals surface area contributed by atoms with E-state index in [9.17, 15) is 4.79 Å². The number of nitrogens with zero attached hydrogens (tertiary/aromatic N) is 2. The van der Waals surface area contributed by atoms with Crippen molar-refractivity contribution in [1.82, 2.24) is 9.55 Å². The zero-order valence-electron chi connectivity index (χ0n) is 21.5. The Bertz CT molecular complexity index is 1730. The third-order valence-corrected chi connectivity index (χ3v) is 7.85. The van der Waals surface area contributed by atoms with E-state index in [0.29, 0.717) is 5.56 Å². The normalized spacial score (nSPS) is 14.1. The van der Waals surface area contributed by atoms with Gasteiger partial charge in [0.1, 0.15) is 0 Å². The number of fused-ring (bicyclic) bond motifs is 5. The Balaban J connectivity index is 0.000000140. The van der Waals surface area contributed by atoms with Crippen molar-refractivity contribution >= 4 is 33.1 Å². The van der Waals surface area contributed by atoms with Gasteiger partial charge in [-0.2, -0.15) is 0 Å². The van der Waals surface area contributed by atoms with Crippen LogP contribution in [-0.4, -0.2) is 20.6 Å². The molecule has 7 rings (SSSR count). The van der Waals surface area contributed by atoms with Crippen molar-refractivity contribution in [1.29, 1.82) is 0 Å². The summed E-state index contributed by atoms with van der Waals surface area (Å²) in [5.41, 5.74) is 8.80. The van der Waals surface area contributed by atoms with E-state index in [2.05, 4.69) is 59.6 Å². The summed E-state index contributed by atoms with van der Waals surface area (Å²) in [6.07, 6.45) is 15.0. The third-order valence-electron chi connectivity index (χ3n) is 7.85. The van der Waals surface area contributed by atoms with Gasteiger partial charge in [-0.25, -0.2) is 9.78 Å². The maximum Gasteiger partial charge on any atom is 0.335 e. The van der Waals surface area contributed by atoms with E-state index < -0.39 is 5.97 Å². The van der Waals surface area contributed by atoms with Gasteiger partial charge < -0.3 is 9.67 Å². The lowest BCUT2D eigenvalue weighted by molar-refractivity contribution is 0.0697. The summed E-state index contributed by atoms with van der Waals surface area (Å²) >= 11 is 0. The standard InChI is InChI=1S/C18H16.C16H14N2O2/c1-3-7-15-13(5-1)9-11-18-16-8-4-2-6-14(16)10-12-17(15)18;1-11-14(9-18-7-6-17-10-18)5-3-12-2-4-13(16(19)20)8-15(11)12/h1,3-5,7-9,11H,2,6,10,12H2;2-8,10H,9H2,1H3,(H,19,20). The van der Waals surface area contributed by atoms with Gasteiger partial charge in [0.05, 0.1) is 11.9 Å². The molecule has 1 N–H and O–H groups in total. The number of rotatable bonds is 3. The van der Waals surface area contributed by atoms with Crippen LogP contribution in [0.3, 0.4) is 0 Å². The molecule has 2 aliphatic rings. The van der Waals surface area contributed by atoms with E-state index in [4.69, 9.17) is 5.11 Å². The van der Waals surface area contributed by atoms with Crippen molar-refractivity contribution in [3.8, 4) is 0 Å². The number of aromatic carboxylic acids is 1. The lowest BCUT2D eigenvalue weighted by Gasteiger charge is -2.25. The largest absolute Gasteiger partial charge is 0.478 e. The molecule has 0 amide bonds. The van der Waals surface area contributed by atoms with Crippen LogP contribution >= 0.6 is 0 Å². The Morgan fingerprint density at radius 2 is 1.76 bits per heavy atom. The molecule has 0 bridgehead atoms. The van der Waals surface area contributed by atoms with E-state index in [0.717, 1.165) is 28.4 Å². The zero-order valence-corrected chi connectivity index (χ0v) is 21.5. The molecule has 0 saturated carbocycles. The minimum Gasteiger partial charge on any atom is -0.478 e. The molecule has 1 aromatic heterocycles. The van der Waals surface area contributed by atoms with Crippen LogP contribution in [0.2, 0.25) is 0 Å². The molecule has 188 valence electrons. The molecule has 0 unspecified atom stereocenters. The number of aromatic nitrogens is 2. The lowest BCUT2D eigenvalue weighted by Crippen LogP contribution is -2.06. The predicted octanol–water partition coefficient (Wildman–Crippen LogP) is 7.98. The molecule has 0 aliphatic heterocycles. The smallest absolute Gasteiger partial charge is 0.335 e. The van der Waals surface area contributed by atoms with Crippen LogP contribution in [0.1, 0.15) is 51.9 Å². The molecule has 1 heterocycles. The molecule has 4 nitrogen and oxygen atoms in total. The zero-order chi connectivity index (χ0) is 26.1. The van der Waals surface area contributed by atoms with Gasteiger partial charge in [0.2, 0.25) is 0 Å². The number of carboxylic acids is 1. The van der Waals surface area contributed by atoms with Crippen molar-refractivity contribution in [3.63, 3.8) is 0 Å². The van der Waals surface area contributed by atoms with Gasteiger partial charge in [0.25, 0.3) is 0 Å². The molecule has 4 heteroatoms. The van der Waals surface area contributed by atoms with Crippen LogP contribution in [0.4, 0.5) is 0 Å². The predicted molar refractivity (Wildman–Crippen MR) is 155 cm³/mol. The van der Waals surface area contributed by atoms with Gasteiger partial charge in [0.15, 0.2) is 0 Å². The van der Waals surface area contributed by atoms with Crippen LogP contribution in [0.15, 0.2) is 103 Å². The van der Waals surface area contributed by atoms with Crippen molar-refractivity contribution in [3.05, 3.63) is 131 Å². The van der Waals surface area contributed by atoms with Crippen LogP contribution < -0.4 is 0 Å². The van der Waals surface area contributed by atoms with E-state index >= 15 is 0 Å². The maximum absolute atomic E-state index is 11.1. The SMILES string of the molecule is C1=CC2=C(CC1)CCc1c2ccc2ccccc12.Cc1c(Cn2ccnc2)ccc2ccc(C(=O)O)cc12. The fraction of sp³-hybridized carbons (Fsp3) is 0.176. The summed E-state index contributed by atoms with van der Waals surface area (Å²) in [4.78, 5) is 15.1. The van der Waals surface area contributed by atoms with E-state index in [-0.39, 0.29) is 0 Å². The molecule has 2 aliphatic carbocycles. The lowest BCUT2D eigenvalue weighted by atomic mass is 9.80. The molecule has 38 heavy (non-hydrogen) atoms. The van der Waals surface area contributed by atoms with E-state index in [1.165, 1.54) is 47.6 Å². The van der Waals surface area contributed by atoms with Crippen LogP contribution in [0, 0.1) is 6.92 Å². The average molecular weight is 499 g/mol. The molecule has 0 saturated heterocycles. The van der Waals surface area contributed by atoms with Crippen LogP contribution in [0.5, 0.6) is 0 Å². The second kappa shape index (κ2) is 10.1. The summed E-state index contributed by atoms with van der Waals surface area (Å²) in [5, 5.41) is 14.0. The number of benzene rings is 4. The molecule has 0 fully saturated rings. The first-order valence-corrected chi connectivity index (χ1v) is 13.2. The van der Waals surface area contributed by atoms with E-state index in [1.807, 2.05) is 29.8 Å². The minimum absolute atomic E-state index is 0.320. The molecule has 0 atom stereocenters. The Labute approximate surface area is 222 Å². The van der Waals surface area contributed by atoms with Gasteiger partial charge in [-0.3, -0.25) is 0 Å². The molecule has 0 spiro atoms. The average Bonchev–Trinajstić information content (AvgIpc) is 3.47. The molecular weight excluding hydrogens is 468 g/mol. The number of allylic oxidation sites excluding steroid dienone is 4. The molecule has 4 aromatic carbocycles. The van der Waals surface area contributed by atoms with Gasteiger partial charge in [-0.15, -0.1) is 0 Å². The van der Waals surface area contributed by atoms with Crippen molar-refractivity contribution in [2.75, 3.05) is 0 Å². The minimum atomic E-state index is -0.897. The number of hydrogen-bond acceptors (Lipinski definition) is 2. The van der Waals surface area contributed by atoms with Crippen molar-refractivity contribution < 1.29 is 9.90 Å². The first-order chi connectivity index (χ1) is 18.6. The van der Waals surface area contributed by atoms with Gasteiger partial charge in [-0.1, -0.05) is 72.3 Å². The molecule has 5 aromatic rings. The first-order valence-electron chi connectivity index (χ1n) is 13.2. The van der Waals surface area contributed by atoms with Crippen molar-refractivity contribution in [2.24, 2.45) is 0 Å². The second-order valence-electron chi connectivity index (χ2n) is 10.1. The fourth-order valence-corrected chi connectivity index (χ4v) is 5.78. The molecule has 0 radical (unpaired) electrons. The summed E-state index contributed by atoms with van der Waals surface area (Å²) in [5.74, 6) is -0.897. The monoisotopic (exact) mass is 498 g/mol. The highest BCUT2D eigenvalue weighted by Crippen LogP contribution is 2.39. The summed E-state index contributed by atoms with van der Waals surface area (Å²) in [6, 6.07) is 22.7. The Hall–Kier alpha value is -4.44. The fourth-order valence-electron chi connectivity index (χ4n) is 5.78. The van der Waals surface area contributed by atoms with E-state index in [1.54, 1.807) is 35.8 Å². The summed E-state index contributed by atoms with van der Waals surface area (Å²) in [6.45, 7) is 2.76. The topological polar surface area (TPSA) is 55.1 Å². The van der Waals surface area contributed by atoms with Crippen LogP contribution in [-0.2, 0) is 13.0 Å². The quantitative estimate of drug-likeness (QED) is 0.274. The Morgan fingerprint density at radius 3 is 2.61 bits per heavy atom. The second-order valence-corrected chi connectivity index (χ2v) is 10.1. The maximum atomic E-state index is 11.1. The van der Waals surface area contributed by atoms with Crippen molar-refractivity contribution in [2.45, 2.75) is 39.2 Å². The van der Waals surface area contributed by atoms with Gasteiger partial charge >= 0.3 is 5.97 Å². The Morgan fingerprint density at radius 1 is 0.947 bits per heavy atom. The van der Waals surface area contributed by atoms with Gasteiger partial charge in [0, 0.05) is 18.9 Å². The number of carboxylic acid groups (broad SMARTS) is 1. The van der Waals surface area contributed by atoms with Crippen LogP contribution in [0.25, 0.3) is 27.1 Å². The Kier molecular flexibility index (Phi) is 6.38. The summed E-state index contributed by atoms with van der Waals surface area (Å²) in [7, 11) is 0.